The summed E-state index contributed by atoms with van der Waals surface area (Å²) in [6.45, 7) is 7.72. The number of anilines is 2. The summed E-state index contributed by atoms with van der Waals surface area (Å²) in [5.41, 5.74) is 7.19. The van der Waals surface area contributed by atoms with Gasteiger partial charge in [0, 0.05) is 17.4 Å². The van der Waals surface area contributed by atoms with Gasteiger partial charge in [-0.05, 0) is 44.0 Å². The summed E-state index contributed by atoms with van der Waals surface area (Å²) in [5.74, 6) is -0.0757. The van der Waals surface area contributed by atoms with Crippen molar-refractivity contribution in [1.82, 2.24) is 5.32 Å². The molecule has 3 amide bonds. The summed E-state index contributed by atoms with van der Waals surface area (Å²) in [6, 6.07) is 6.19. The predicted octanol–water partition coefficient (Wildman–Crippen LogP) is 2.95. The molecule has 1 rings (SSSR count). The van der Waals surface area contributed by atoms with Gasteiger partial charge in [0.1, 0.15) is 0 Å². The molecule has 0 fully saturated rings. The number of benzene rings is 1. The van der Waals surface area contributed by atoms with Crippen molar-refractivity contribution < 1.29 is 9.59 Å². The lowest BCUT2D eigenvalue weighted by molar-refractivity contribution is -0.118. The first kappa shape index (κ1) is 21.2. The molecule has 0 heterocycles. The first-order valence-electron chi connectivity index (χ1n) is 7.57. The summed E-state index contributed by atoms with van der Waals surface area (Å²) in [7, 11) is 0. The van der Waals surface area contributed by atoms with E-state index in [2.05, 4.69) is 16.0 Å². The molecule has 7 heteroatoms. The average molecular weight is 343 g/mol. The summed E-state index contributed by atoms with van der Waals surface area (Å²) < 4.78 is 0. The molecule has 23 heavy (non-hydrogen) atoms. The van der Waals surface area contributed by atoms with Crippen molar-refractivity contribution >= 4 is 35.7 Å². The zero-order valence-electron chi connectivity index (χ0n) is 14.1. The maximum atomic E-state index is 12.0. The third-order valence-electron chi connectivity index (χ3n) is 3.39. The smallest absolute Gasteiger partial charge is 0.319 e. The highest BCUT2D eigenvalue weighted by molar-refractivity contribution is 5.95. The summed E-state index contributed by atoms with van der Waals surface area (Å²) in [6.07, 6.45) is 0.850. The zero-order valence-corrected chi connectivity index (χ0v) is 14.9. The SMILES string of the molecule is CCC(C)C(N)C(=O)Nc1ccc(NC(=O)NC(C)C)cc1.Cl. The van der Waals surface area contributed by atoms with E-state index in [0.29, 0.717) is 11.4 Å². The molecule has 130 valence electrons. The van der Waals surface area contributed by atoms with Crippen LogP contribution in [0.2, 0.25) is 0 Å². The van der Waals surface area contributed by atoms with Crippen LogP contribution >= 0.6 is 12.4 Å². The Labute approximate surface area is 144 Å². The molecule has 1 aromatic rings. The van der Waals surface area contributed by atoms with Gasteiger partial charge in [-0.2, -0.15) is 0 Å². The fourth-order valence-electron chi connectivity index (χ4n) is 1.80. The van der Waals surface area contributed by atoms with Gasteiger partial charge < -0.3 is 21.7 Å². The van der Waals surface area contributed by atoms with Crippen LogP contribution < -0.4 is 21.7 Å². The van der Waals surface area contributed by atoms with E-state index in [0.717, 1.165) is 6.42 Å². The number of halogens is 1. The van der Waals surface area contributed by atoms with E-state index in [1.165, 1.54) is 0 Å². The van der Waals surface area contributed by atoms with Crippen LogP contribution in [0.15, 0.2) is 24.3 Å². The van der Waals surface area contributed by atoms with Gasteiger partial charge in [0.2, 0.25) is 5.91 Å². The lowest BCUT2D eigenvalue weighted by Crippen LogP contribution is -2.40. The Bertz CT molecular complexity index is 505. The number of hydrogen-bond acceptors (Lipinski definition) is 3. The quantitative estimate of drug-likeness (QED) is 0.640. The third-order valence-corrected chi connectivity index (χ3v) is 3.39. The number of carbonyl (C=O) groups is 2. The fourth-order valence-corrected chi connectivity index (χ4v) is 1.80. The minimum atomic E-state index is -0.528. The van der Waals surface area contributed by atoms with Crippen LogP contribution in [0.5, 0.6) is 0 Å². The maximum absolute atomic E-state index is 12.0. The number of carbonyl (C=O) groups excluding carboxylic acids is 2. The second-order valence-corrected chi connectivity index (χ2v) is 5.73. The average Bonchev–Trinajstić information content (AvgIpc) is 2.46. The number of amides is 3. The van der Waals surface area contributed by atoms with Crippen molar-refractivity contribution in [3.05, 3.63) is 24.3 Å². The lowest BCUT2D eigenvalue weighted by atomic mass is 9.99. The number of urea groups is 1. The monoisotopic (exact) mass is 342 g/mol. The Kier molecular flexibility index (Phi) is 9.29. The standard InChI is InChI=1S/C16H26N4O2.ClH/c1-5-11(4)14(17)15(21)19-12-6-8-13(9-7-12)20-16(22)18-10(2)3;/h6-11,14H,5,17H2,1-4H3,(H,19,21)(H2,18,20,22);1H. The predicted molar refractivity (Wildman–Crippen MR) is 97.0 cm³/mol. The second kappa shape index (κ2) is 10.1. The Morgan fingerprint density at radius 2 is 1.52 bits per heavy atom. The van der Waals surface area contributed by atoms with Crippen LogP contribution in [0.3, 0.4) is 0 Å². The number of rotatable bonds is 6. The highest BCUT2D eigenvalue weighted by Crippen LogP contribution is 2.15. The minimum absolute atomic E-state index is 0. The Hall–Kier alpha value is -1.79. The lowest BCUT2D eigenvalue weighted by Gasteiger charge is -2.17. The van der Waals surface area contributed by atoms with Crippen LogP contribution in [0, 0.1) is 5.92 Å². The molecule has 0 aliphatic rings. The molecular formula is C16H27ClN4O2. The fraction of sp³-hybridized carbons (Fsp3) is 0.500. The van der Waals surface area contributed by atoms with Gasteiger partial charge in [0.05, 0.1) is 6.04 Å². The van der Waals surface area contributed by atoms with Gasteiger partial charge in [0.25, 0.3) is 0 Å². The summed E-state index contributed by atoms with van der Waals surface area (Å²) in [4.78, 5) is 23.6. The molecule has 5 N–H and O–H groups in total. The molecule has 6 nitrogen and oxygen atoms in total. The van der Waals surface area contributed by atoms with Crippen molar-refractivity contribution in [2.75, 3.05) is 10.6 Å². The van der Waals surface area contributed by atoms with Gasteiger partial charge in [-0.3, -0.25) is 4.79 Å². The first-order chi connectivity index (χ1) is 10.3. The summed E-state index contributed by atoms with van der Waals surface area (Å²) >= 11 is 0. The molecule has 0 spiro atoms. The van der Waals surface area contributed by atoms with Gasteiger partial charge in [-0.25, -0.2) is 4.79 Å². The molecule has 0 saturated carbocycles. The largest absolute Gasteiger partial charge is 0.336 e. The highest BCUT2D eigenvalue weighted by Gasteiger charge is 2.19. The van der Waals surface area contributed by atoms with E-state index in [9.17, 15) is 9.59 Å². The summed E-state index contributed by atoms with van der Waals surface area (Å²) in [5, 5.41) is 8.23. The molecule has 2 unspecified atom stereocenters. The number of nitrogens with two attached hydrogens (primary N) is 1. The second-order valence-electron chi connectivity index (χ2n) is 5.73. The van der Waals surface area contributed by atoms with Crippen molar-refractivity contribution in [2.45, 2.75) is 46.2 Å². The molecule has 0 bridgehead atoms. The van der Waals surface area contributed by atoms with Gasteiger partial charge in [-0.15, -0.1) is 12.4 Å². The minimum Gasteiger partial charge on any atom is -0.336 e. The molecular weight excluding hydrogens is 316 g/mol. The molecule has 0 aliphatic heterocycles. The van der Waals surface area contributed by atoms with Gasteiger partial charge in [-0.1, -0.05) is 20.3 Å². The number of nitrogens with one attached hydrogen (secondary N) is 3. The van der Waals surface area contributed by atoms with Gasteiger partial charge >= 0.3 is 6.03 Å². The van der Waals surface area contributed by atoms with Crippen molar-refractivity contribution in [3.63, 3.8) is 0 Å². The van der Waals surface area contributed by atoms with Gasteiger partial charge in [0.15, 0.2) is 0 Å². The van der Waals surface area contributed by atoms with E-state index in [1.807, 2.05) is 27.7 Å². The van der Waals surface area contributed by atoms with Crippen LogP contribution in [-0.2, 0) is 4.79 Å². The normalized spacial score (nSPS) is 12.8. The van der Waals surface area contributed by atoms with Crippen molar-refractivity contribution in [3.8, 4) is 0 Å². The van der Waals surface area contributed by atoms with Crippen LogP contribution in [-0.4, -0.2) is 24.0 Å². The highest BCUT2D eigenvalue weighted by atomic mass is 35.5. The van der Waals surface area contributed by atoms with E-state index >= 15 is 0 Å². The molecule has 2 atom stereocenters. The topological polar surface area (TPSA) is 96.2 Å². The van der Waals surface area contributed by atoms with Crippen molar-refractivity contribution in [1.29, 1.82) is 0 Å². The van der Waals surface area contributed by atoms with Crippen molar-refractivity contribution in [2.24, 2.45) is 11.7 Å². The maximum Gasteiger partial charge on any atom is 0.319 e. The van der Waals surface area contributed by atoms with Crippen LogP contribution in [0.25, 0.3) is 0 Å². The molecule has 0 radical (unpaired) electrons. The van der Waals surface area contributed by atoms with Crippen LogP contribution in [0.1, 0.15) is 34.1 Å². The molecule has 1 aromatic carbocycles. The Balaban J connectivity index is 0.00000484. The van der Waals surface area contributed by atoms with E-state index < -0.39 is 6.04 Å². The Morgan fingerprint density at radius 3 is 1.96 bits per heavy atom. The van der Waals surface area contributed by atoms with Crippen LogP contribution in [0.4, 0.5) is 16.2 Å². The third kappa shape index (κ3) is 7.34. The van der Waals surface area contributed by atoms with E-state index in [1.54, 1.807) is 24.3 Å². The van der Waals surface area contributed by atoms with E-state index in [-0.39, 0.29) is 36.3 Å². The van der Waals surface area contributed by atoms with E-state index in [4.69, 9.17) is 5.73 Å². The Morgan fingerprint density at radius 1 is 1.04 bits per heavy atom. The number of hydrogen-bond donors (Lipinski definition) is 4. The molecule has 0 saturated heterocycles. The zero-order chi connectivity index (χ0) is 16.7. The molecule has 0 aliphatic carbocycles. The first-order valence-corrected chi connectivity index (χ1v) is 7.57. The molecule has 0 aromatic heterocycles.